The lowest BCUT2D eigenvalue weighted by molar-refractivity contribution is -0.190. The predicted octanol–water partition coefficient (Wildman–Crippen LogP) is 3.30. The van der Waals surface area contributed by atoms with E-state index in [1.165, 1.54) is 12.4 Å². The summed E-state index contributed by atoms with van der Waals surface area (Å²) >= 11 is 0. The van der Waals surface area contributed by atoms with Crippen molar-refractivity contribution in [3.63, 3.8) is 0 Å². The molecule has 0 saturated heterocycles. The van der Waals surface area contributed by atoms with Gasteiger partial charge in [0.25, 0.3) is 11.8 Å². The van der Waals surface area contributed by atoms with Crippen molar-refractivity contribution in [2.45, 2.75) is 37.5 Å². The van der Waals surface area contributed by atoms with E-state index in [1.807, 2.05) is 0 Å². The number of allylic oxidation sites excluding steroid dienone is 1. The Morgan fingerprint density at radius 3 is 2.47 bits per heavy atom. The first kappa shape index (κ1) is 21.7. The van der Waals surface area contributed by atoms with E-state index in [9.17, 15) is 31.9 Å². The zero-order valence-electron chi connectivity index (χ0n) is 16.6. The van der Waals surface area contributed by atoms with Gasteiger partial charge in [-0.3, -0.25) is 19.4 Å². The standard InChI is InChI=1S/C22H17F4N3O3/c23-15-8-6-14(7-9-15)19(31)28-21(22(24,25)26)18-16(4-1-5-17(18)30)29(20(21)32)12-13-3-2-10-27-11-13/h2-3,6-11H,1,4-5,12H2,(H,28,31)/t21-/m0/s1. The van der Waals surface area contributed by atoms with Gasteiger partial charge in [-0.1, -0.05) is 6.07 Å². The Morgan fingerprint density at radius 2 is 1.84 bits per heavy atom. The first-order valence-corrected chi connectivity index (χ1v) is 9.77. The number of carbonyl (C=O) groups excluding carboxylic acids is 3. The van der Waals surface area contributed by atoms with Crippen molar-refractivity contribution >= 4 is 17.6 Å². The van der Waals surface area contributed by atoms with Gasteiger partial charge in [-0.25, -0.2) is 4.39 Å². The van der Waals surface area contributed by atoms with E-state index in [-0.39, 0.29) is 37.1 Å². The van der Waals surface area contributed by atoms with Crippen molar-refractivity contribution in [1.82, 2.24) is 15.2 Å². The molecule has 0 radical (unpaired) electrons. The van der Waals surface area contributed by atoms with Crippen LogP contribution in [0.1, 0.15) is 35.2 Å². The highest BCUT2D eigenvalue weighted by atomic mass is 19.4. The molecule has 1 atom stereocenters. The van der Waals surface area contributed by atoms with Gasteiger partial charge in [0.2, 0.25) is 5.54 Å². The fourth-order valence-electron chi connectivity index (χ4n) is 4.09. The number of benzene rings is 1. The van der Waals surface area contributed by atoms with Gasteiger partial charge in [-0.2, -0.15) is 13.2 Å². The molecule has 4 rings (SSSR count). The third-order valence-corrected chi connectivity index (χ3v) is 5.55. The number of ketones is 1. The zero-order valence-corrected chi connectivity index (χ0v) is 16.6. The normalized spacial score (nSPS) is 21.1. The van der Waals surface area contributed by atoms with Gasteiger partial charge >= 0.3 is 6.18 Å². The molecule has 10 heteroatoms. The van der Waals surface area contributed by atoms with Crippen molar-refractivity contribution in [2.75, 3.05) is 0 Å². The summed E-state index contributed by atoms with van der Waals surface area (Å²) < 4.78 is 56.8. The fraction of sp³-hybridized carbons (Fsp3) is 0.273. The quantitative estimate of drug-likeness (QED) is 0.730. The Balaban J connectivity index is 1.82. The SMILES string of the molecule is O=C1CCCC2=C1[C@@](NC(=O)c1ccc(F)cc1)(C(F)(F)F)C(=O)N2Cc1cccnc1. The maximum Gasteiger partial charge on any atom is 0.425 e. The van der Waals surface area contributed by atoms with E-state index in [0.717, 1.165) is 29.2 Å². The van der Waals surface area contributed by atoms with Gasteiger partial charge in [0, 0.05) is 30.1 Å². The lowest BCUT2D eigenvalue weighted by atomic mass is 9.82. The van der Waals surface area contributed by atoms with Crippen LogP contribution in [-0.4, -0.2) is 39.2 Å². The number of hydrogen-bond acceptors (Lipinski definition) is 4. The van der Waals surface area contributed by atoms with Crippen molar-refractivity contribution in [2.24, 2.45) is 0 Å². The van der Waals surface area contributed by atoms with Crippen molar-refractivity contribution in [1.29, 1.82) is 0 Å². The van der Waals surface area contributed by atoms with Gasteiger partial charge in [0.1, 0.15) is 5.82 Å². The predicted molar refractivity (Wildman–Crippen MR) is 103 cm³/mol. The van der Waals surface area contributed by atoms with Gasteiger partial charge < -0.3 is 10.2 Å². The Kier molecular flexibility index (Phi) is 5.31. The van der Waals surface area contributed by atoms with Crippen molar-refractivity contribution in [3.8, 4) is 0 Å². The number of pyridine rings is 1. The maximum absolute atomic E-state index is 14.5. The molecule has 0 spiro atoms. The Hall–Kier alpha value is -3.56. The molecule has 1 aliphatic heterocycles. The first-order chi connectivity index (χ1) is 15.1. The number of amides is 2. The first-order valence-electron chi connectivity index (χ1n) is 9.77. The number of alkyl halides is 3. The number of aromatic nitrogens is 1. The second-order valence-electron chi connectivity index (χ2n) is 7.56. The van der Waals surface area contributed by atoms with E-state index in [0.29, 0.717) is 5.56 Å². The summed E-state index contributed by atoms with van der Waals surface area (Å²) in [7, 11) is 0. The highest BCUT2D eigenvalue weighted by molar-refractivity contribution is 6.14. The highest BCUT2D eigenvalue weighted by Crippen LogP contribution is 2.48. The molecule has 1 aromatic carbocycles. The molecule has 6 nitrogen and oxygen atoms in total. The minimum Gasteiger partial charge on any atom is -0.326 e. The molecular formula is C22H17F4N3O3. The summed E-state index contributed by atoms with van der Waals surface area (Å²) in [4.78, 5) is 43.5. The molecule has 0 saturated carbocycles. The van der Waals surface area contributed by atoms with Crippen molar-refractivity contribution in [3.05, 3.63) is 77.0 Å². The number of halogens is 4. The molecule has 2 amide bonds. The molecule has 2 heterocycles. The van der Waals surface area contributed by atoms with Gasteiger partial charge in [-0.05, 0) is 48.7 Å². The maximum atomic E-state index is 14.5. The third-order valence-electron chi connectivity index (χ3n) is 5.55. The average molecular weight is 447 g/mol. The molecule has 1 aromatic heterocycles. The van der Waals surface area contributed by atoms with Crippen LogP contribution in [0.4, 0.5) is 17.6 Å². The largest absolute Gasteiger partial charge is 0.425 e. The van der Waals surface area contributed by atoms with Crippen LogP contribution in [0.5, 0.6) is 0 Å². The van der Waals surface area contributed by atoms with Crippen LogP contribution in [0.15, 0.2) is 60.1 Å². The van der Waals surface area contributed by atoms with Crippen molar-refractivity contribution < 1.29 is 31.9 Å². The molecule has 0 unspecified atom stereocenters. The smallest absolute Gasteiger partial charge is 0.326 e. The molecule has 32 heavy (non-hydrogen) atoms. The molecule has 0 fully saturated rings. The van der Waals surface area contributed by atoms with Gasteiger partial charge in [0.15, 0.2) is 5.78 Å². The van der Waals surface area contributed by atoms with Gasteiger partial charge in [-0.15, -0.1) is 0 Å². The van der Waals surface area contributed by atoms with Gasteiger partial charge in [0.05, 0.1) is 12.1 Å². The average Bonchev–Trinajstić information content (AvgIpc) is 2.99. The van der Waals surface area contributed by atoms with Crippen LogP contribution < -0.4 is 5.32 Å². The lowest BCUT2D eigenvalue weighted by Crippen LogP contribution is -2.66. The zero-order chi connectivity index (χ0) is 23.1. The van der Waals surface area contributed by atoms with E-state index in [4.69, 9.17) is 0 Å². The summed E-state index contributed by atoms with van der Waals surface area (Å²) in [5.74, 6) is -4.22. The summed E-state index contributed by atoms with van der Waals surface area (Å²) in [6.07, 6.45) is -2.21. The number of nitrogens with one attached hydrogen (secondary N) is 1. The van der Waals surface area contributed by atoms with Crippen LogP contribution in [0, 0.1) is 5.82 Å². The Bertz CT molecular complexity index is 1110. The Labute approximate surface area is 179 Å². The van der Waals surface area contributed by atoms with Crippen LogP contribution in [-0.2, 0) is 16.1 Å². The molecule has 2 aliphatic rings. The van der Waals surface area contributed by atoms with Crippen LogP contribution in [0.3, 0.4) is 0 Å². The molecule has 2 aromatic rings. The molecule has 0 bridgehead atoms. The van der Waals surface area contributed by atoms with E-state index < -0.39 is 40.7 Å². The topological polar surface area (TPSA) is 79.4 Å². The van der Waals surface area contributed by atoms with E-state index in [2.05, 4.69) is 4.98 Å². The minimum atomic E-state index is -5.29. The van der Waals surface area contributed by atoms with E-state index >= 15 is 0 Å². The lowest BCUT2D eigenvalue weighted by Gasteiger charge is -2.33. The van der Waals surface area contributed by atoms with Crippen LogP contribution >= 0.6 is 0 Å². The van der Waals surface area contributed by atoms with Crippen LogP contribution in [0.2, 0.25) is 0 Å². The fourth-order valence-corrected chi connectivity index (χ4v) is 4.09. The summed E-state index contributed by atoms with van der Waals surface area (Å²) in [5.41, 5.74) is -4.13. The molecule has 1 aliphatic carbocycles. The van der Waals surface area contributed by atoms with Crippen LogP contribution in [0.25, 0.3) is 0 Å². The minimum absolute atomic E-state index is 0.0492. The molecule has 1 N–H and O–H groups in total. The Morgan fingerprint density at radius 1 is 1.12 bits per heavy atom. The summed E-state index contributed by atoms with van der Waals surface area (Å²) in [6.45, 7) is -0.233. The number of hydrogen-bond donors (Lipinski definition) is 1. The number of carbonyl (C=O) groups is 3. The molecule has 166 valence electrons. The number of Topliss-reactive ketones (excluding diaryl/α,β-unsaturated/α-hetero) is 1. The second kappa shape index (κ2) is 7.85. The second-order valence-corrected chi connectivity index (χ2v) is 7.56. The summed E-state index contributed by atoms with van der Waals surface area (Å²) in [6, 6.07) is 6.99. The number of nitrogens with zero attached hydrogens (tertiary/aromatic N) is 2. The monoisotopic (exact) mass is 447 g/mol. The summed E-state index contributed by atoms with van der Waals surface area (Å²) in [5, 5.41) is 1.79. The third kappa shape index (κ3) is 3.45. The highest BCUT2D eigenvalue weighted by Gasteiger charge is 2.70. The molecular weight excluding hydrogens is 430 g/mol. The van der Waals surface area contributed by atoms with E-state index in [1.54, 1.807) is 17.4 Å². The number of rotatable bonds is 4.